The summed E-state index contributed by atoms with van der Waals surface area (Å²) in [5.74, 6) is 0.0498. The van der Waals surface area contributed by atoms with Crippen LogP contribution in [0.5, 0.6) is 11.5 Å². The van der Waals surface area contributed by atoms with E-state index in [1.165, 1.54) is 24.3 Å². The molecule has 9 heteroatoms. The fraction of sp³-hybridized carbons (Fsp3) is 0.167. The van der Waals surface area contributed by atoms with Gasteiger partial charge in [-0.05, 0) is 48.9 Å². The lowest BCUT2D eigenvalue weighted by atomic mass is 10.1. The van der Waals surface area contributed by atoms with Gasteiger partial charge in [-0.15, -0.1) is 0 Å². The third-order valence-corrected chi connectivity index (χ3v) is 4.23. The van der Waals surface area contributed by atoms with E-state index in [9.17, 15) is 13.2 Å². The fourth-order valence-electron chi connectivity index (χ4n) is 2.05. The number of halogens is 2. The summed E-state index contributed by atoms with van der Waals surface area (Å²) >= 11 is 12.0. The topological polar surface area (TPSA) is 81.7 Å². The Bertz CT molecular complexity index is 974. The molecule has 0 spiro atoms. The second-order valence-corrected chi connectivity index (χ2v) is 7.98. The van der Waals surface area contributed by atoms with Crippen molar-refractivity contribution in [2.75, 3.05) is 17.6 Å². The Kier molecular flexibility index (Phi) is 7.12. The molecular weight excluding hydrogens is 413 g/mol. The zero-order valence-corrected chi connectivity index (χ0v) is 16.9. The Morgan fingerprint density at radius 1 is 1.15 bits per heavy atom. The van der Waals surface area contributed by atoms with Crippen molar-refractivity contribution in [2.45, 2.75) is 6.92 Å². The van der Waals surface area contributed by atoms with Crippen LogP contribution in [0.25, 0.3) is 6.08 Å². The van der Waals surface area contributed by atoms with E-state index in [0.29, 0.717) is 16.3 Å². The lowest BCUT2D eigenvalue weighted by Crippen LogP contribution is -2.10. The molecule has 1 N–H and O–H groups in total. The quantitative estimate of drug-likeness (QED) is 0.507. The van der Waals surface area contributed by atoms with Crippen LogP contribution in [0.4, 0.5) is 5.69 Å². The SMILES string of the molecule is CCOC(=O)/C=C/c1ccc(Oc2ccc(Cl)cc2Cl)c(NS(C)(=O)=O)c1. The molecule has 0 aliphatic rings. The van der Waals surface area contributed by atoms with Crippen molar-refractivity contribution in [1.82, 2.24) is 0 Å². The molecule has 0 unspecified atom stereocenters. The average molecular weight is 430 g/mol. The molecule has 0 atom stereocenters. The van der Waals surface area contributed by atoms with Crippen LogP contribution in [0.2, 0.25) is 10.0 Å². The molecule has 0 bridgehead atoms. The molecule has 0 fully saturated rings. The standard InChI is InChI=1S/C18H17Cl2NO5S/c1-3-25-18(22)9-5-12-4-7-17(15(10-12)21-27(2,23)24)26-16-8-6-13(19)11-14(16)20/h4-11,21H,3H2,1-2H3/b9-5+. The van der Waals surface area contributed by atoms with Crippen molar-refractivity contribution in [2.24, 2.45) is 0 Å². The van der Waals surface area contributed by atoms with Gasteiger partial charge in [-0.1, -0.05) is 29.3 Å². The highest BCUT2D eigenvalue weighted by molar-refractivity contribution is 7.92. The van der Waals surface area contributed by atoms with E-state index in [1.807, 2.05) is 0 Å². The number of carbonyl (C=O) groups excluding carboxylic acids is 1. The first kappa shape index (κ1) is 21.1. The summed E-state index contributed by atoms with van der Waals surface area (Å²) < 4.78 is 36.3. The number of rotatable bonds is 7. The zero-order chi connectivity index (χ0) is 20.0. The predicted octanol–water partition coefficient (Wildman–Crippen LogP) is 4.73. The van der Waals surface area contributed by atoms with Gasteiger partial charge < -0.3 is 9.47 Å². The molecule has 6 nitrogen and oxygen atoms in total. The second kappa shape index (κ2) is 9.12. The Hall–Kier alpha value is -2.22. The summed E-state index contributed by atoms with van der Waals surface area (Å²) in [6.45, 7) is 1.96. The van der Waals surface area contributed by atoms with Crippen LogP contribution >= 0.6 is 23.2 Å². The van der Waals surface area contributed by atoms with Gasteiger partial charge in [-0.25, -0.2) is 13.2 Å². The minimum atomic E-state index is -3.57. The molecule has 0 amide bonds. The lowest BCUT2D eigenvalue weighted by Gasteiger charge is -2.14. The summed E-state index contributed by atoms with van der Waals surface area (Å²) in [6, 6.07) is 9.42. The normalized spacial score (nSPS) is 11.4. The highest BCUT2D eigenvalue weighted by Crippen LogP contribution is 2.36. The predicted molar refractivity (Wildman–Crippen MR) is 107 cm³/mol. The van der Waals surface area contributed by atoms with Gasteiger partial charge >= 0.3 is 5.97 Å². The summed E-state index contributed by atoms with van der Waals surface area (Å²) in [5.41, 5.74) is 0.762. The van der Waals surface area contributed by atoms with Crippen LogP contribution in [0, 0.1) is 0 Å². The van der Waals surface area contributed by atoms with Gasteiger partial charge in [0.15, 0.2) is 5.75 Å². The van der Waals surface area contributed by atoms with Crippen LogP contribution in [0.15, 0.2) is 42.5 Å². The molecule has 2 aromatic carbocycles. The van der Waals surface area contributed by atoms with Crippen LogP contribution in [-0.4, -0.2) is 27.2 Å². The van der Waals surface area contributed by atoms with Crippen molar-refractivity contribution < 1.29 is 22.7 Å². The van der Waals surface area contributed by atoms with Crippen LogP contribution in [0.3, 0.4) is 0 Å². The summed E-state index contributed by atoms with van der Waals surface area (Å²) in [6.07, 6.45) is 3.78. The van der Waals surface area contributed by atoms with Gasteiger partial charge in [-0.3, -0.25) is 4.72 Å². The molecular formula is C18H17Cl2NO5S. The molecule has 0 aliphatic carbocycles. The number of ether oxygens (including phenoxy) is 2. The molecule has 144 valence electrons. The van der Waals surface area contributed by atoms with Crippen molar-refractivity contribution in [3.63, 3.8) is 0 Å². The third-order valence-electron chi connectivity index (χ3n) is 3.11. The Labute approximate surface area is 167 Å². The van der Waals surface area contributed by atoms with Crippen LogP contribution in [0.1, 0.15) is 12.5 Å². The Morgan fingerprint density at radius 3 is 2.48 bits per heavy atom. The molecule has 0 saturated carbocycles. The number of hydrogen-bond acceptors (Lipinski definition) is 5. The summed E-state index contributed by atoms with van der Waals surface area (Å²) in [5, 5.41) is 0.723. The molecule has 2 rings (SSSR count). The number of esters is 1. The molecule has 27 heavy (non-hydrogen) atoms. The van der Waals surface area contributed by atoms with Crippen molar-refractivity contribution in [1.29, 1.82) is 0 Å². The molecule has 0 radical (unpaired) electrons. The van der Waals surface area contributed by atoms with Crippen LogP contribution in [-0.2, 0) is 19.6 Å². The van der Waals surface area contributed by atoms with Crippen LogP contribution < -0.4 is 9.46 Å². The minimum Gasteiger partial charge on any atom is -0.463 e. The molecule has 0 aromatic heterocycles. The minimum absolute atomic E-state index is 0.189. The maximum Gasteiger partial charge on any atom is 0.330 e. The molecule has 2 aromatic rings. The molecule has 0 heterocycles. The van der Waals surface area contributed by atoms with E-state index >= 15 is 0 Å². The van der Waals surface area contributed by atoms with E-state index in [4.69, 9.17) is 32.7 Å². The first-order valence-electron chi connectivity index (χ1n) is 7.77. The highest BCUT2D eigenvalue weighted by atomic mass is 35.5. The smallest absolute Gasteiger partial charge is 0.330 e. The van der Waals surface area contributed by atoms with Gasteiger partial charge in [-0.2, -0.15) is 0 Å². The second-order valence-electron chi connectivity index (χ2n) is 5.39. The number of benzene rings is 2. The maximum absolute atomic E-state index is 11.7. The van der Waals surface area contributed by atoms with Crippen molar-refractivity contribution >= 4 is 51.0 Å². The number of anilines is 1. The lowest BCUT2D eigenvalue weighted by molar-refractivity contribution is -0.137. The number of sulfonamides is 1. The number of hydrogen-bond donors (Lipinski definition) is 1. The van der Waals surface area contributed by atoms with Gasteiger partial charge in [0.05, 0.1) is 23.6 Å². The van der Waals surface area contributed by atoms with E-state index in [-0.39, 0.29) is 23.1 Å². The van der Waals surface area contributed by atoms with Gasteiger partial charge in [0.1, 0.15) is 5.75 Å². The van der Waals surface area contributed by atoms with E-state index in [1.54, 1.807) is 31.2 Å². The van der Waals surface area contributed by atoms with Gasteiger partial charge in [0, 0.05) is 11.1 Å². The van der Waals surface area contributed by atoms with Gasteiger partial charge in [0.2, 0.25) is 10.0 Å². The average Bonchev–Trinajstić information content (AvgIpc) is 2.56. The van der Waals surface area contributed by atoms with Gasteiger partial charge in [0.25, 0.3) is 0 Å². The zero-order valence-electron chi connectivity index (χ0n) is 14.5. The molecule has 0 saturated heterocycles. The van der Waals surface area contributed by atoms with E-state index < -0.39 is 16.0 Å². The monoisotopic (exact) mass is 429 g/mol. The van der Waals surface area contributed by atoms with E-state index in [2.05, 4.69) is 4.72 Å². The number of carbonyl (C=O) groups is 1. The third kappa shape index (κ3) is 6.78. The molecule has 0 aliphatic heterocycles. The summed E-state index contributed by atoms with van der Waals surface area (Å²) in [4.78, 5) is 11.4. The van der Waals surface area contributed by atoms with Crippen molar-refractivity contribution in [3.8, 4) is 11.5 Å². The first-order chi connectivity index (χ1) is 12.7. The Morgan fingerprint density at radius 2 is 1.85 bits per heavy atom. The maximum atomic E-state index is 11.7. The number of nitrogens with one attached hydrogen (secondary N) is 1. The fourth-order valence-corrected chi connectivity index (χ4v) is 3.06. The van der Waals surface area contributed by atoms with Crippen molar-refractivity contribution in [3.05, 3.63) is 58.1 Å². The highest BCUT2D eigenvalue weighted by Gasteiger charge is 2.12. The Balaban J connectivity index is 2.36. The van der Waals surface area contributed by atoms with E-state index in [0.717, 1.165) is 6.26 Å². The summed E-state index contributed by atoms with van der Waals surface area (Å²) in [7, 11) is -3.57. The largest absolute Gasteiger partial charge is 0.463 e. The first-order valence-corrected chi connectivity index (χ1v) is 10.4.